The second kappa shape index (κ2) is 5.70. The number of anilines is 1. The van der Waals surface area contributed by atoms with Crippen LogP contribution in [0.2, 0.25) is 0 Å². The first-order valence-corrected chi connectivity index (χ1v) is 7.78. The summed E-state index contributed by atoms with van der Waals surface area (Å²) < 4.78 is 14.3. The highest BCUT2D eigenvalue weighted by molar-refractivity contribution is 8.00. The number of nitrogens with zero attached hydrogens (tertiary/aromatic N) is 1. The second-order valence-electron chi connectivity index (χ2n) is 5.23. The molecule has 1 aromatic carbocycles. The molecule has 0 atom stereocenters. The summed E-state index contributed by atoms with van der Waals surface area (Å²) in [6.07, 6.45) is 1.06. The van der Waals surface area contributed by atoms with Crippen LogP contribution in [-0.4, -0.2) is 23.6 Å². The molecule has 0 aliphatic carbocycles. The summed E-state index contributed by atoms with van der Waals surface area (Å²) in [5, 5.41) is 0. The summed E-state index contributed by atoms with van der Waals surface area (Å²) >= 11 is 7.88. The van der Waals surface area contributed by atoms with E-state index in [1.54, 1.807) is 6.07 Å². The van der Waals surface area contributed by atoms with E-state index in [1.807, 2.05) is 17.8 Å². The zero-order chi connectivity index (χ0) is 13.2. The lowest BCUT2D eigenvalue weighted by Gasteiger charge is -2.26. The largest absolute Gasteiger partial charge is 0.368 e. The topological polar surface area (TPSA) is 3.24 Å². The van der Waals surface area contributed by atoms with Crippen LogP contribution >= 0.6 is 23.4 Å². The molecule has 18 heavy (non-hydrogen) atoms. The lowest BCUT2D eigenvalue weighted by molar-refractivity contribution is 0.600. The number of hydrogen-bond acceptors (Lipinski definition) is 2. The molecule has 0 N–H and O–H groups in total. The number of benzene rings is 1. The van der Waals surface area contributed by atoms with Crippen LogP contribution in [0.4, 0.5) is 10.1 Å². The Morgan fingerprint density at radius 1 is 1.39 bits per heavy atom. The van der Waals surface area contributed by atoms with Gasteiger partial charge in [-0.2, -0.15) is 11.8 Å². The van der Waals surface area contributed by atoms with Gasteiger partial charge in [0.25, 0.3) is 0 Å². The fourth-order valence-corrected chi connectivity index (χ4v) is 3.58. The van der Waals surface area contributed by atoms with Crippen LogP contribution in [0.3, 0.4) is 0 Å². The minimum absolute atomic E-state index is 0.155. The SMILES string of the molecule is CC1(C)CCN(c2c(F)cccc2CCl)CCS1. The van der Waals surface area contributed by atoms with Crippen molar-refractivity contribution in [3.8, 4) is 0 Å². The smallest absolute Gasteiger partial charge is 0.146 e. The van der Waals surface area contributed by atoms with Crippen LogP contribution in [0.15, 0.2) is 18.2 Å². The Balaban J connectivity index is 2.26. The average molecular weight is 288 g/mol. The Labute approximate surface area is 118 Å². The molecule has 1 heterocycles. The van der Waals surface area contributed by atoms with E-state index in [0.717, 1.165) is 30.8 Å². The van der Waals surface area contributed by atoms with Crippen molar-refractivity contribution in [1.29, 1.82) is 0 Å². The van der Waals surface area contributed by atoms with Crippen LogP contribution in [-0.2, 0) is 5.88 Å². The third-order valence-corrected chi connectivity index (χ3v) is 5.03. The molecule has 0 saturated carbocycles. The highest BCUT2D eigenvalue weighted by atomic mass is 35.5. The highest BCUT2D eigenvalue weighted by Gasteiger charge is 2.25. The molecular weight excluding hydrogens is 269 g/mol. The third kappa shape index (κ3) is 3.12. The molecule has 4 heteroatoms. The van der Waals surface area contributed by atoms with Gasteiger partial charge < -0.3 is 4.90 Å². The van der Waals surface area contributed by atoms with Crippen LogP contribution in [0.5, 0.6) is 0 Å². The van der Waals surface area contributed by atoms with Gasteiger partial charge in [-0.15, -0.1) is 11.6 Å². The predicted octanol–water partition coefficient (Wildman–Crippen LogP) is 4.29. The molecule has 2 rings (SSSR count). The van der Waals surface area contributed by atoms with Crippen molar-refractivity contribution in [2.45, 2.75) is 30.9 Å². The molecule has 1 saturated heterocycles. The molecule has 1 fully saturated rings. The maximum absolute atomic E-state index is 14.0. The van der Waals surface area contributed by atoms with Gasteiger partial charge in [-0.1, -0.05) is 26.0 Å². The van der Waals surface area contributed by atoms with Gasteiger partial charge in [0.1, 0.15) is 5.82 Å². The third-order valence-electron chi connectivity index (χ3n) is 3.37. The van der Waals surface area contributed by atoms with Gasteiger partial charge in [-0.25, -0.2) is 4.39 Å². The van der Waals surface area contributed by atoms with E-state index in [4.69, 9.17) is 11.6 Å². The standard InChI is InChI=1S/C14H19ClFNS/c1-14(2)6-7-17(8-9-18-14)13-11(10-15)4-3-5-12(13)16/h3-5H,6-10H2,1-2H3. The highest BCUT2D eigenvalue weighted by Crippen LogP contribution is 2.34. The van der Waals surface area contributed by atoms with Crippen molar-refractivity contribution in [1.82, 2.24) is 0 Å². The van der Waals surface area contributed by atoms with Crippen molar-refractivity contribution < 1.29 is 4.39 Å². The molecule has 0 spiro atoms. The summed E-state index contributed by atoms with van der Waals surface area (Å²) in [6.45, 7) is 6.29. The van der Waals surface area contributed by atoms with Gasteiger partial charge in [0.15, 0.2) is 0 Å². The molecule has 1 aliphatic rings. The van der Waals surface area contributed by atoms with Crippen molar-refractivity contribution >= 4 is 29.1 Å². The van der Waals surface area contributed by atoms with Gasteiger partial charge in [-0.3, -0.25) is 0 Å². The van der Waals surface area contributed by atoms with Crippen LogP contribution < -0.4 is 4.90 Å². The Bertz CT molecular complexity index is 422. The van der Waals surface area contributed by atoms with Crippen molar-refractivity contribution in [2.24, 2.45) is 0 Å². The quantitative estimate of drug-likeness (QED) is 0.747. The fourth-order valence-electron chi connectivity index (χ4n) is 2.27. The summed E-state index contributed by atoms with van der Waals surface area (Å²) in [6, 6.07) is 5.16. The van der Waals surface area contributed by atoms with Crippen LogP contribution in [0.25, 0.3) is 0 Å². The van der Waals surface area contributed by atoms with E-state index in [1.165, 1.54) is 6.07 Å². The van der Waals surface area contributed by atoms with E-state index in [0.29, 0.717) is 11.6 Å². The maximum atomic E-state index is 14.0. The molecule has 1 aromatic rings. The first-order valence-electron chi connectivity index (χ1n) is 6.26. The molecule has 1 aliphatic heterocycles. The van der Waals surface area contributed by atoms with Crippen LogP contribution in [0, 0.1) is 5.82 Å². The van der Waals surface area contributed by atoms with Crippen molar-refractivity contribution in [2.75, 3.05) is 23.7 Å². The number of halogens is 2. The minimum atomic E-state index is -0.155. The normalized spacial score (nSPS) is 19.7. The zero-order valence-corrected chi connectivity index (χ0v) is 12.5. The van der Waals surface area contributed by atoms with Gasteiger partial charge in [-0.05, 0) is 18.1 Å². The molecule has 1 nitrogen and oxygen atoms in total. The first-order chi connectivity index (χ1) is 8.53. The van der Waals surface area contributed by atoms with Crippen LogP contribution in [0.1, 0.15) is 25.8 Å². The summed E-state index contributed by atoms with van der Waals surface area (Å²) in [5.74, 6) is 1.24. The fraction of sp³-hybridized carbons (Fsp3) is 0.571. The second-order valence-corrected chi connectivity index (χ2v) is 7.30. The Morgan fingerprint density at radius 3 is 2.89 bits per heavy atom. The average Bonchev–Trinajstić information content (AvgIpc) is 2.50. The van der Waals surface area contributed by atoms with Gasteiger partial charge >= 0.3 is 0 Å². The number of para-hydroxylation sites is 1. The van der Waals surface area contributed by atoms with Crippen molar-refractivity contribution in [3.63, 3.8) is 0 Å². The number of thioether (sulfide) groups is 1. The Kier molecular flexibility index (Phi) is 4.44. The van der Waals surface area contributed by atoms with Gasteiger partial charge in [0, 0.05) is 29.5 Å². The van der Waals surface area contributed by atoms with Gasteiger partial charge in [0.05, 0.1) is 5.69 Å². The lowest BCUT2D eigenvalue weighted by atomic mass is 10.1. The van der Waals surface area contributed by atoms with E-state index in [-0.39, 0.29) is 10.6 Å². The first kappa shape index (κ1) is 14.0. The summed E-state index contributed by atoms with van der Waals surface area (Å²) in [4.78, 5) is 2.15. The summed E-state index contributed by atoms with van der Waals surface area (Å²) in [5.41, 5.74) is 1.59. The van der Waals surface area contributed by atoms with Gasteiger partial charge in [0.2, 0.25) is 0 Å². The maximum Gasteiger partial charge on any atom is 0.146 e. The number of rotatable bonds is 2. The zero-order valence-electron chi connectivity index (χ0n) is 10.9. The monoisotopic (exact) mass is 287 g/mol. The molecule has 0 amide bonds. The Morgan fingerprint density at radius 2 is 2.17 bits per heavy atom. The molecule has 0 bridgehead atoms. The van der Waals surface area contributed by atoms with E-state index in [9.17, 15) is 4.39 Å². The number of hydrogen-bond donors (Lipinski definition) is 0. The molecule has 0 radical (unpaired) electrons. The minimum Gasteiger partial charge on any atom is -0.368 e. The molecule has 0 unspecified atom stereocenters. The molecule has 0 aromatic heterocycles. The van der Waals surface area contributed by atoms with E-state index < -0.39 is 0 Å². The van der Waals surface area contributed by atoms with Crippen molar-refractivity contribution in [3.05, 3.63) is 29.6 Å². The number of alkyl halides is 1. The lowest BCUT2D eigenvalue weighted by Crippen LogP contribution is -2.28. The van der Waals surface area contributed by atoms with E-state index >= 15 is 0 Å². The molecular formula is C14H19ClFNS. The Hall–Kier alpha value is -0.410. The summed E-state index contributed by atoms with van der Waals surface area (Å²) in [7, 11) is 0. The predicted molar refractivity (Wildman–Crippen MR) is 79.3 cm³/mol. The van der Waals surface area contributed by atoms with E-state index in [2.05, 4.69) is 18.7 Å². The molecule has 100 valence electrons.